The molecule has 0 saturated carbocycles. The van der Waals surface area contributed by atoms with E-state index in [1.807, 2.05) is 54.6 Å². The number of aromatic nitrogens is 2. The highest BCUT2D eigenvalue weighted by molar-refractivity contribution is 5.94. The number of nitrogens with zero attached hydrogens (tertiary/aromatic N) is 2. The Kier molecular flexibility index (Phi) is 5.33. The van der Waals surface area contributed by atoms with Crippen molar-refractivity contribution in [2.45, 2.75) is 6.54 Å². The van der Waals surface area contributed by atoms with Crippen LogP contribution >= 0.6 is 0 Å². The highest BCUT2D eigenvalue weighted by Gasteiger charge is 2.15. The number of para-hydroxylation sites is 1. The Hall–Kier alpha value is -3.93. The molecule has 1 N–H and O–H groups in total. The topological polar surface area (TPSA) is 77.2 Å². The van der Waals surface area contributed by atoms with Crippen LogP contribution in [0.5, 0.6) is 5.75 Å². The van der Waals surface area contributed by atoms with Gasteiger partial charge in [0.05, 0.1) is 12.7 Å². The monoisotopic (exact) mass is 385 g/mol. The number of methoxy groups -OCH3 is 1. The van der Waals surface area contributed by atoms with Crippen LogP contribution in [0.25, 0.3) is 22.8 Å². The molecule has 29 heavy (non-hydrogen) atoms. The summed E-state index contributed by atoms with van der Waals surface area (Å²) in [6.07, 6.45) is 0. The molecule has 6 nitrogen and oxygen atoms in total. The molecular weight excluding hydrogens is 366 g/mol. The van der Waals surface area contributed by atoms with Crippen LogP contribution in [0.2, 0.25) is 0 Å². The molecule has 0 fully saturated rings. The minimum absolute atomic E-state index is 0.136. The molecule has 3 aromatic carbocycles. The molecule has 0 aliphatic heterocycles. The van der Waals surface area contributed by atoms with E-state index in [9.17, 15) is 4.79 Å². The van der Waals surface area contributed by atoms with Crippen molar-refractivity contribution in [3.8, 4) is 28.6 Å². The minimum atomic E-state index is -0.136. The summed E-state index contributed by atoms with van der Waals surface area (Å²) >= 11 is 0. The first kappa shape index (κ1) is 18.4. The lowest BCUT2D eigenvalue weighted by molar-refractivity contribution is 0.0951. The second kappa shape index (κ2) is 8.39. The normalized spacial score (nSPS) is 10.5. The van der Waals surface area contributed by atoms with Gasteiger partial charge >= 0.3 is 0 Å². The Bertz CT molecular complexity index is 1110. The van der Waals surface area contributed by atoms with Crippen molar-refractivity contribution in [3.63, 3.8) is 0 Å². The lowest BCUT2D eigenvalue weighted by Crippen LogP contribution is -2.22. The first-order chi connectivity index (χ1) is 14.2. The molecule has 0 atom stereocenters. The van der Waals surface area contributed by atoms with E-state index in [1.165, 1.54) is 0 Å². The van der Waals surface area contributed by atoms with Gasteiger partial charge in [0.1, 0.15) is 5.75 Å². The molecule has 6 heteroatoms. The van der Waals surface area contributed by atoms with Crippen LogP contribution in [-0.2, 0) is 6.54 Å². The number of carbonyl (C=O) groups is 1. The summed E-state index contributed by atoms with van der Waals surface area (Å²) in [4.78, 5) is 16.8. The minimum Gasteiger partial charge on any atom is -0.496 e. The van der Waals surface area contributed by atoms with E-state index >= 15 is 0 Å². The van der Waals surface area contributed by atoms with E-state index in [2.05, 4.69) is 15.5 Å². The van der Waals surface area contributed by atoms with Crippen LogP contribution in [0.1, 0.15) is 15.9 Å². The van der Waals surface area contributed by atoms with Gasteiger partial charge in [0, 0.05) is 17.7 Å². The third kappa shape index (κ3) is 4.16. The molecule has 0 aliphatic rings. The third-order valence-corrected chi connectivity index (χ3v) is 4.46. The maximum Gasteiger partial charge on any atom is 0.262 e. The average Bonchev–Trinajstić information content (AvgIpc) is 3.28. The Labute approximate surface area is 168 Å². The van der Waals surface area contributed by atoms with Gasteiger partial charge in [-0.1, -0.05) is 59.8 Å². The number of ether oxygens (including phenoxy) is 1. The number of amides is 1. The standard InChI is InChI=1S/C23H19N3O3/c1-28-20-10-6-5-9-19(20)23-25-21(26-29-23)17-11-13-18(14-12-17)22(27)24-15-16-7-3-2-4-8-16/h2-14H,15H2,1H3,(H,24,27). The molecule has 0 bridgehead atoms. The second-order valence-electron chi connectivity index (χ2n) is 6.37. The van der Waals surface area contributed by atoms with Crippen LogP contribution in [-0.4, -0.2) is 23.2 Å². The molecule has 144 valence electrons. The van der Waals surface area contributed by atoms with Crippen molar-refractivity contribution in [3.05, 3.63) is 90.0 Å². The van der Waals surface area contributed by atoms with Gasteiger partial charge in [0.2, 0.25) is 5.82 Å². The Morgan fingerprint density at radius 1 is 0.966 bits per heavy atom. The maximum absolute atomic E-state index is 12.4. The molecule has 0 radical (unpaired) electrons. The van der Waals surface area contributed by atoms with E-state index in [0.29, 0.717) is 29.6 Å². The molecular formula is C23H19N3O3. The smallest absolute Gasteiger partial charge is 0.262 e. The van der Waals surface area contributed by atoms with Crippen LogP contribution in [0.3, 0.4) is 0 Å². The summed E-state index contributed by atoms with van der Waals surface area (Å²) in [5.74, 6) is 1.35. The molecule has 0 unspecified atom stereocenters. The molecule has 0 aliphatic carbocycles. The summed E-state index contributed by atoms with van der Waals surface area (Å²) in [6, 6.07) is 24.3. The van der Waals surface area contributed by atoms with Crippen molar-refractivity contribution < 1.29 is 14.1 Å². The van der Waals surface area contributed by atoms with Gasteiger partial charge < -0.3 is 14.6 Å². The van der Waals surface area contributed by atoms with E-state index < -0.39 is 0 Å². The molecule has 0 spiro atoms. The van der Waals surface area contributed by atoms with E-state index in [1.54, 1.807) is 31.4 Å². The molecule has 1 aromatic heterocycles. The van der Waals surface area contributed by atoms with Crippen LogP contribution in [0.4, 0.5) is 0 Å². The Morgan fingerprint density at radius 3 is 2.45 bits per heavy atom. The predicted octanol–water partition coefficient (Wildman–Crippen LogP) is 4.34. The van der Waals surface area contributed by atoms with Crippen LogP contribution in [0, 0.1) is 0 Å². The van der Waals surface area contributed by atoms with Gasteiger partial charge in [0.15, 0.2) is 0 Å². The zero-order chi connectivity index (χ0) is 20.1. The number of nitrogens with one attached hydrogen (secondary N) is 1. The highest BCUT2D eigenvalue weighted by atomic mass is 16.5. The van der Waals surface area contributed by atoms with Crippen LogP contribution < -0.4 is 10.1 Å². The van der Waals surface area contributed by atoms with Gasteiger partial charge in [-0.3, -0.25) is 4.79 Å². The fraction of sp³-hybridized carbons (Fsp3) is 0.0870. The van der Waals surface area contributed by atoms with Crippen molar-refractivity contribution in [1.82, 2.24) is 15.5 Å². The zero-order valence-corrected chi connectivity index (χ0v) is 15.8. The van der Waals surface area contributed by atoms with Crippen molar-refractivity contribution in [1.29, 1.82) is 0 Å². The second-order valence-corrected chi connectivity index (χ2v) is 6.37. The highest BCUT2D eigenvalue weighted by Crippen LogP contribution is 2.29. The Morgan fingerprint density at radius 2 is 1.69 bits per heavy atom. The summed E-state index contributed by atoms with van der Waals surface area (Å²) < 4.78 is 10.7. The van der Waals surface area contributed by atoms with Crippen molar-refractivity contribution >= 4 is 5.91 Å². The van der Waals surface area contributed by atoms with Crippen LogP contribution in [0.15, 0.2) is 83.4 Å². The van der Waals surface area contributed by atoms with Crippen molar-refractivity contribution in [2.24, 2.45) is 0 Å². The average molecular weight is 385 g/mol. The van der Waals surface area contributed by atoms with Crippen molar-refractivity contribution in [2.75, 3.05) is 7.11 Å². The summed E-state index contributed by atoms with van der Waals surface area (Å²) in [5.41, 5.74) is 3.10. The molecule has 1 heterocycles. The Balaban J connectivity index is 1.47. The summed E-state index contributed by atoms with van der Waals surface area (Å²) in [7, 11) is 1.59. The fourth-order valence-electron chi connectivity index (χ4n) is 2.92. The van der Waals surface area contributed by atoms with E-state index in [-0.39, 0.29) is 5.91 Å². The summed E-state index contributed by atoms with van der Waals surface area (Å²) in [5, 5.41) is 6.96. The number of benzene rings is 3. The third-order valence-electron chi connectivity index (χ3n) is 4.46. The van der Waals surface area contributed by atoms with Gasteiger partial charge in [-0.15, -0.1) is 0 Å². The predicted molar refractivity (Wildman–Crippen MR) is 109 cm³/mol. The van der Waals surface area contributed by atoms with Gasteiger partial charge in [-0.05, 0) is 29.8 Å². The van der Waals surface area contributed by atoms with Gasteiger partial charge in [-0.2, -0.15) is 4.98 Å². The number of carbonyl (C=O) groups excluding carboxylic acids is 1. The summed E-state index contributed by atoms with van der Waals surface area (Å²) in [6.45, 7) is 0.481. The number of rotatable bonds is 6. The fourth-order valence-corrected chi connectivity index (χ4v) is 2.92. The maximum atomic E-state index is 12.4. The lowest BCUT2D eigenvalue weighted by Gasteiger charge is -2.05. The molecule has 1 amide bonds. The first-order valence-electron chi connectivity index (χ1n) is 9.14. The van der Waals surface area contributed by atoms with Gasteiger partial charge in [-0.25, -0.2) is 0 Å². The first-order valence-corrected chi connectivity index (χ1v) is 9.14. The SMILES string of the molecule is COc1ccccc1-c1nc(-c2ccc(C(=O)NCc3ccccc3)cc2)no1. The number of hydrogen-bond donors (Lipinski definition) is 1. The lowest BCUT2D eigenvalue weighted by atomic mass is 10.1. The molecule has 4 rings (SSSR count). The van der Waals surface area contributed by atoms with E-state index in [4.69, 9.17) is 9.26 Å². The largest absolute Gasteiger partial charge is 0.496 e. The quantitative estimate of drug-likeness (QED) is 0.534. The molecule has 4 aromatic rings. The van der Waals surface area contributed by atoms with Gasteiger partial charge in [0.25, 0.3) is 11.8 Å². The van der Waals surface area contributed by atoms with E-state index in [0.717, 1.165) is 16.7 Å². The number of hydrogen-bond acceptors (Lipinski definition) is 5. The molecule has 0 saturated heterocycles. The zero-order valence-electron chi connectivity index (χ0n) is 15.8.